The SMILES string of the molecule is CNc1ccc(Cl)c(CSc2cc(F)ccc2F)n1. The fourth-order valence-corrected chi connectivity index (χ4v) is 2.62. The molecule has 0 atom stereocenters. The molecule has 0 radical (unpaired) electrons. The normalized spacial score (nSPS) is 10.5. The van der Waals surface area contributed by atoms with Crippen molar-refractivity contribution in [3.63, 3.8) is 0 Å². The Hall–Kier alpha value is -1.33. The first-order chi connectivity index (χ1) is 9.10. The van der Waals surface area contributed by atoms with Crippen molar-refractivity contribution in [3.8, 4) is 0 Å². The monoisotopic (exact) mass is 300 g/mol. The molecule has 2 aromatic rings. The van der Waals surface area contributed by atoms with E-state index in [0.29, 0.717) is 22.3 Å². The molecular formula is C13H11ClF2N2S. The van der Waals surface area contributed by atoms with E-state index in [1.54, 1.807) is 19.2 Å². The van der Waals surface area contributed by atoms with Gasteiger partial charge < -0.3 is 5.32 Å². The first-order valence-corrected chi connectivity index (χ1v) is 6.87. The topological polar surface area (TPSA) is 24.9 Å². The number of benzene rings is 1. The minimum Gasteiger partial charge on any atom is -0.373 e. The predicted molar refractivity (Wildman–Crippen MR) is 74.7 cm³/mol. The molecule has 1 N–H and O–H groups in total. The molecule has 0 spiro atoms. The van der Waals surface area contributed by atoms with Gasteiger partial charge in [0.05, 0.1) is 10.7 Å². The third-order valence-electron chi connectivity index (χ3n) is 2.43. The molecule has 19 heavy (non-hydrogen) atoms. The average molecular weight is 301 g/mol. The van der Waals surface area contributed by atoms with E-state index in [2.05, 4.69) is 10.3 Å². The summed E-state index contributed by atoms with van der Waals surface area (Å²) in [6.45, 7) is 0. The standard InChI is InChI=1S/C13H11ClF2N2S/c1-17-13-5-3-9(14)11(18-13)7-19-12-6-8(15)2-4-10(12)16/h2-6H,7H2,1H3,(H,17,18). The summed E-state index contributed by atoms with van der Waals surface area (Å²) >= 11 is 7.18. The highest BCUT2D eigenvalue weighted by Crippen LogP contribution is 2.28. The molecule has 1 heterocycles. The summed E-state index contributed by atoms with van der Waals surface area (Å²) in [4.78, 5) is 4.52. The van der Waals surface area contributed by atoms with Gasteiger partial charge in [-0.3, -0.25) is 0 Å². The third kappa shape index (κ3) is 3.58. The summed E-state index contributed by atoms with van der Waals surface area (Å²) < 4.78 is 26.5. The second kappa shape index (κ2) is 6.21. The number of rotatable bonds is 4. The second-order valence-corrected chi connectivity index (χ2v) is 5.16. The van der Waals surface area contributed by atoms with Crippen molar-refractivity contribution in [1.82, 2.24) is 4.98 Å². The van der Waals surface area contributed by atoms with Gasteiger partial charge in [0.25, 0.3) is 0 Å². The number of nitrogens with one attached hydrogen (secondary N) is 1. The predicted octanol–water partition coefficient (Wildman–Crippen LogP) is 4.35. The van der Waals surface area contributed by atoms with Crippen LogP contribution in [0.1, 0.15) is 5.69 Å². The highest BCUT2D eigenvalue weighted by Gasteiger charge is 2.08. The second-order valence-electron chi connectivity index (χ2n) is 3.74. The molecule has 0 aliphatic rings. The van der Waals surface area contributed by atoms with Crippen LogP contribution in [-0.2, 0) is 5.75 Å². The summed E-state index contributed by atoms with van der Waals surface area (Å²) in [5.41, 5.74) is 0.627. The van der Waals surface area contributed by atoms with E-state index in [0.717, 1.165) is 30.0 Å². The summed E-state index contributed by atoms with van der Waals surface area (Å²) in [6.07, 6.45) is 0. The Bertz CT molecular complexity index is 593. The Morgan fingerprint density at radius 1 is 1.26 bits per heavy atom. The van der Waals surface area contributed by atoms with Gasteiger partial charge in [0.1, 0.15) is 17.5 Å². The van der Waals surface area contributed by atoms with E-state index in [9.17, 15) is 8.78 Å². The number of halogens is 3. The van der Waals surface area contributed by atoms with Crippen molar-refractivity contribution in [2.75, 3.05) is 12.4 Å². The van der Waals surface area contributed by atoms with Gasteiger partial charge in [-0.05, 0) is 30.3 Å². The van der Waals surface area contributed by atoms with Gasteiger partial charge in [-0.1, -0.05) is 11.6 Å². The molecule has 6 heteroatoms. The van der Waals surface area contributed by atoms with Crippen LogP contribution in [0.4, 0.5) is 14.6 Å². The number of anilines is 1. The minimum atomic E-state index is -0.466. The lowest BCUT2D eigenvalue weighted by atomic mass is 10.3. The molecule has 2 nitrogen and oxygen atoms in total. The Morgan fingerprint density at radius 3 is 2.79 bits per heavy atom. The molecular weight excluding hydrogens is 290 g/mol. The van der Waals surface area contributed by atoms with Crippen LogP contribution in [0.25, 0.3) is 0 Å². The minimum absolute atomic E-state index is 0.243. The van der Waals surface area contributed by atoms with Gasteiger partial charge in [-0.2, -0.15) is 0 Å². The van der Waals surface area contributed by atoms with Gasteiger partial charge in [0, 0.05) is 17.7 Å². The molecule has 0 unspecified atom stereocenters. The highest BCUT2D eigenvalue weighted by atomic mass is 35.5. The Labute approximate surface area is 119 Å². The zero-order valence-electron chi connectivity index (χ0n) is 10.1. The first-order valence-electron chi connectivity index (χ1n) is 5.51. The number of nitrogens with zero attached hydrogens (tertiary/aromatic N) is 1. The van der Waals surface area contributed by atoms with E-state index in [1.807, 2.05) is 0 Å². The molecule has 1 aromatic carbocycles. The summed E-state index contributed by atoms with van der Waals surface area (Å²) in [7, 11) is 1.75. The first kappa shape index (κ1) is 14.1. The molecule has 100 valence electrons. The van der Waals surface area contributed by atoms with E-state index < -0.39 is 11.6 Å². The largest absolute Gasteiger partial charge is 0.373 e. The van der Waals surface area contributed by atoms with Gasteiger partial charge in [0.2, 0.25) is 0 Å². The lowest BCUT2D eigenvalue weighted by Crippen LogP contribution is -1.96. The van der Waals surface area contributed by atoms with Crippen molar-refractivity contribution in [2.24, 2.45) is 0 Å². The maximum absolute atomic E-state index is 13.5. The maximum atomic E-state index is 13.5. The lowest BCUT2D eigenvalue weighted by molar-refractivity contribution is 0.577. The quantitative estimate of drug-likeness (QED) is 0.850. The van der Waals surface area contributed by atoms with Gasteiger partial charge in [0.15, 0.2) is 0 Å². The van der Waals surface area contributed by atoms with Gasteiger partial charge >= 0.3 is 0 Å². The lowest BCUT2D eigenvalue weighted by Gasteiger charge is -2.07. The van der Waals surface area contributed by atoms with Gasteiger partial charge in [-0.25, -0.2) is 13.8 Å². The zero-order valence-corrected chi connectivity index (χ0v) is 11.7. The number of hydrogen-bond acceptors (Lipinski definition) is 3. The Balaban J connectivity index is 2.16. The number of pyridine rings is 1. The van der Waals surface area contributed by atoms with E-state index >= 15 is 0 Å². The van der Waals surface area contributed by atoms with E-state index in [-0.39, 0.29) is 4.90 Å². The zero-order chi connectivity index (χ0) is 13.8. The fourth-order valence-electron chi connectivity index (χ4n) is 1.46. The maximum Gasteiger partial charge on any atom is 0.136 e. The third-order valence-corrected chi connectivity index (χ3v) is 3.82. The number of thioether (sulfide) groups is 1. The van der Waals surface area contributed by atoms with Crippen LogP contribution in [0.5, 0.6) is 0 Å². The van der Waals surface area contributed by atoms with E-state index in [4.69, 9.17) is 11.6 Å². The summed E-state index contributed by atoms with van der Waals surface area (Å²) in [5, 5.41) is 3.40. The molecule has 0 aliphatic carbocycles. The highest BCUT2D eigenvalue weighted by molar-refractivity contribution is 7.98. The van der Waals surface area contributed by atoms with Crippen molar-refractivity contribution >= 4 is 29.2 Å². The van der Waals surface area contributed by atoms with Crippen LogP contribution in [0.2, 0.25) is 5.02 Å². The van der Waals surface area contributed by atoms with Crippen LogP contribution in [0.3, 0.4) is 0 Å². The molecule has 0 saturated carbocycles. The number of aromatic nitrogens is 1. The molecule has 0 aliphatic heterocycles. The Morgan fingerprint density at radius 2 is 2.05 bits per heavy atom. The molecule has 0 bridgehead atoms. The van der Waals surface area contributed by atoms with Crippen molar-refractivity contribution in [1.29, 1.82) is 0 Å². The molecule has 0 amide bonds. The number of hydrogen-bond donors (Lipinski definition) is 1. The van der Waals surface area contributed by atoms with Crippen molar-refractivity contribution in [2.45, 2.75) is 10.6 Å². The molecule has 1 aromatic heterocycles. The average Bonchev–Trinajstić information content (AvgIpc) is 2.41. The van der Waals surface area contributed by atoms with Crippen LogP contribution in [0.15, 0.2) is 35.2 Å². The molecule has 0 saturated heterocycles. The summed E-state index contributed by atoms with van der Waals surface area (Å²) in [6, 6.07) is 6.83. The molecule has 2 rings (SSSR count). The van der Waals surface area contributed by atoms with Crippen LogP contribution >= 0.6 is 23.4 Å². The van der Waals surface area contributed by atoms with Crippen LogP contribution in [-0.4, -0.2) is 12.0 Å². The smallest absolute Gasteiger partial charge is 0.136 e. The van der Waals surface area contributed by atoms with Crippen molar-refractivity contribution < 1.29 is 8.78 Å². The van der Waals surface area contributed by atoms with Crippen molar-refractivity contribution in [3.05, 3.63) is 52.7 Å². The molecule has 0 fully saturated rings. The van der Waals surface area contributed by atoms with Crippen LogP contribution < -0.4 is 5.32 Å². The van der Waals surface area contributed by atoms with E-state index in [1.165, 1.54) is 0 Å². The fraction of sp³-hybridized carbons (Fsp3) is 0.154. The summed E-state index contributed by atoms with van der Waals surface area (Å²) in [5.74, 6) is 0.133. The van der Waals surface area contributed by atoms with Crippen LogP contribution in [0, 0.1) is 11.6 Å². The Kier molecular flexibility index (Phi) is 4.61. The van der Waals surface area contributed by atoms with Gasteiger partial charge in [-0.15, -0.1) is 11.8 Å².